The predicted octanol–water partition coefficient (Wildman–Crippen LogP) is 4.00. The molecule has 7 heteroatoms. The summed E-state index contributed by atoms with van der Waals surface area (Å²) in [6.45, 7) is 1.36. The van der Waals surface area contributed by atoms with Crippen molar-refractivity contribution in [1.29, 1.82) is 0 Å². The molecule has 2 aromatic rings. The van der Waals surface area contributed by atoms with Gasteiger partial charge in [0.05, 0.1) is 11.1 Å². The molecule has 0 spiro atoms. The quantitative estimate of drug-likeness (QED) is 0.740. The van der Waals surface area contributed by atoms with Crippen LogP contribution in [-0.2, 0) is 22.1 Å². The monoisotopic (exact) mass is 379 g/mol. The summed E-state index contributed by atoms with van der Waals surface area (Å²) in [5.41, 5.74) is 0.254. The maximum Gasteiger partial charge on any atom is 0.416 e. The van der Waals surface area contributed by atoms with Crippen LogP contribution in [0.1, 0.15) is 34.8 Å². The zero-order valence-electron chi connectivity index (χ0n) is 14.8. The SMILES string of the molecule is C[C@@H](CCc1ccccc1)NC(=O)COC(=O)c1ccc(C(F)(F)F)cc1. The number of hydrogen-bond donors (Lipinski definition) is 1. The Labute approximate surface area is 155 Å². The van der Waals surface area contributed by atoms with E-state index in [1.54, 1.807) is 0 Å². The van der Waals surface area contributed by atoms with Crippen LogP contribution in [0.5, 0.6) is 0 Å². The first-order chi connectivity index (χ1) is 12.8. The lowest BCUT2D eigenvalue weighted by atomic mass is 10.1. The van der Waals surface area contributed by atoms with E-state index in [4.69, 9.17) is 4.74 Å². The molecule has 0 heterocycles. The molecule has 0 saturated heterocycles. The molecule has 0 fully saturated rings. The predicted molar refractivity (Wildman–Crippen MR) is 94.1 cm³/mol. The molecular weight excluding hydrogens is 359 g/mol. The van der Waals surface area contributed by atoms with Gasteiger partial charge >= 0.3 is 12.1 Å². The highest BCUT2D eigenvalue weighted by Gasteiger charge is 2.30. The average Bonchev–Trinajstić information content (AvgIpc) is 2.64. The van der Waals surface area contributed by atoms with Crippen molar-refractivity contribution in [2.24, 2.45) is 0 Å². The summed E-state index contributed by atoms with van der Waals surface area (Å²) >= 11 is 0. The van der Waals surface area contributed by atoms with Gasteiger partial charge in [-0.05, 0) is 49.6 Å². The molecular formula is C20H20F3NO3. The summed E-state index contributed by atoms with van der Waals surface area (Å²) in [6.07, 6.45) is -2.95. The van der Waals surface area contributed by atoms with E-state index >= 15 is 0 Å². The molecule has 1 atom stereocenters. The van der Waals surface area contributed by atoms with Gasteiger partial charge in [-0.15, -0.1) is 0 Å². The molecule has 0 aliphatic carbocycles. The van der Waals surface area contributed by atoms with Gasteiger partial charge in [-0.1, -0.05) is 30.3 Å². The zero-order chi connectivity index (χ0) is 19.9. The average molecular weight is 379 g/mol. The fourth-order valence-electron chi connectivity index (χ4n) is 2.43. The van der Waals surface area contributed by atoms with Gasteiger partial charge in [0.2, 0.25) is 0 Å². The first-order valence-electron chi connectivity index (χ1n) is 8.43. The number of hydrogen-bond acceptors (Lipinski definition) is 3. The number of alkyl halides is 3. The van der Waals surface area contributed by atoms with Gasteiger partial charge in [0.1, 0.15) is 0 Å². The van der Waals surface area contributed by atoms with Crippen molar-refractivity contribution in [3.8, 4) is 0 Å². The molecule has 0 aromatic heterocycles. The first-order valence-corrected chi connectivity index (χ1v) is 8.43. The van der Waals surface area contributed by atoms with Crippen molar-refractivity contribution in [2.45, 2.75) is 32.0 Å². The van der Waals surface area contributed by atoms with Gasteiger partial charge in [-0.3, -0.25) is 4.79 Å². The molecule has 1 amide bonds. The minimum atomic E-state index is -4.47. The molecule has 2 aromatic carbocycles. The van der Waals surface area contributed by atoms with Crippen molar-refractivity contribution < 1.29 is 27.5 Å². The third-order valence-corrected chi connectivity index (χ3v) is 3.90. The van der Waals surface area contributed by atoms with Gasteiger partial charge in [-0.2, -0.15) is 13.2 Å². The van der Waals surface area contributed by atoms with Crippen LogP contribution in [0.15, 0.2) is 54.6 Å². The molecule has 2 rings (SSSR count). The number of carbonyl (C=O) groups is 2. The molecule has 0 saturated carbocycles. The maximum atomic E-state index is 12.5. The van der Waals surface area contributed by atoms with E-state index in [0.29, 0.717) is 0 Å². The van der Waals surface area contributed by atoms with Gasteiger partial charge in [-0.25, -0.2) is 4.79 Å². The topological polar surface area (TPSA) is 55.4 Å². The molecule has 0 radical (unpaired) electrons. The number of halogens is 3. The molecule has 0 unspecified atom stereocenters. The number of carbonyl (C=O) groups excluding carboxylic acids is 2. The van der Waals surface area contributed by atoms with Gasteiger partial charge < -0.3 is 10.1 Å². The van der Waals surface area contributed by atoms with Crippen LogP contribution >= 0.6 is 0 Å². The van der Waals surface area contributed by atoms with Gasteiger partial charge in [0.15, 0.2) is 6.61 Å². The summed E-state index contributed by atoms with van der Waals surface area (Å²) in [7, 11) is 0. The third-order valence-electron chi connectivity index (χ3n) is 3.90. The number of benzene rings is 2. The normalized spacial score (nSPS) is 12.3. The Balaban J connectivity index is 1.75. The van der Waals surface area contributed by atoms with Gasteiger partial charge in [0, 0.05) is 6.04 Å². The second-order valence-electron chi connectivity index (χ2n) is 6.14. The Morgan fingerprint density at radius 1 is 1.04 bits per heavy atom. The Morgan fingerprint density at radius 2 is 1.67 bits per heavy atom. The summed E-state index contributed by atoms with van der Waals surface area (Å²) in [6, 6.07) is 13.3. The minimum Gasteiger partial charge on any atom is -0.452 e. The van der Waals surface area contributed by atoms with Crippen LogP contribution < -0.4 is 5.32 Å². The molecule has 27 heavy (non-hydrogen) atoms. The fraction of sp³-hybridized carbons (Fsp3) is 0.300. The summed E-state index contributed by atoms with van der Waals surface area (Å²) in [4.78, 5) is 23.7. The lowest BCUT2D eigenvalue weighted by Gasteiger charge is -2.14. The van der Waals surface area contributed by atoms with E-state index in [2.05, 4.69) is 5.32 Å². The van der Waals surface area contributed by atoms with E-state index < -0.39 is 30.2 Å². The molecule has 144 valence electrons. The van der Waals surface area contributed by atoms with E-state index in [1.807, 2.05) is 37.3 Å². The van der Waals surface area contributed by atoms with E-state index in [1.165, 1.54) is 0 Å². The fourth-order valence-corrected chi connectivity index (χ4v) is 2.43. The van der Waals surface area contributed by atoms with Crippen molar-refractivity contribution in [2.75, 3.05) is 6.61 Å². The second-order valence-corrected chi connectivity index (χ2v) is 6.14. The number of amides is 1. The Morgan fingerprint density at radius 3 is 2.26 bits per heavy atom. The van der Waals surface area contributed by atoms with Crippen LogP contribution in [0.3, 0.4) is 0 Å². The first kappa shape index (κ1) is 20.5. The van der Waals surface area contributed by atoms with Crippen LogP contribution in [-0.4, -0.2) is 24.5 Å². The van der Waals surface area contributed by atoms with Crippen molar-refractivity contribution in [3.05, 3.63) is 71.3 Å². The van der Waals surface area contributed by atoms with E-state index in [9.17, 15) is 22.8 Å². The molecule has 4 nitrogen and oxygen atoms in total. The number of ether oxygens (including phenoxy) is 1. The second kappa shape index (κ2) is 9.21. The highest BCUT2D eigenvalue weighted by Crippen LogP contribution is 2.29. The smallest absolute Gasteiger partial charge is 0.416 e. The Kier molecular flexibility index (Phi) is 6.98. The highest BCUT2D eigenvalue weighted by molar-refractivity contribution is 5.91. The lowest BCUT2D eigenvalue weighted by Crippen LogP contribution is -2.36. The van der Waals surface area contributed by atoms with Crippen molar-refractivity contribution in [1.82, 2.24) is 5.32 Å². The van der Waals surface area contributed by atoms with Crippen LogP contribution in [0.2, 0.25) is 0 Å². The summed E-state index contributed by atoms with van der Waals surface area (Å²) in [5, 5.41) is 2.72. The number of esters is 1. The van der Waals surface area contributed by atoms with Crippen molar-refractivity contribution in [3.63, 3.8) is 0 Å². The number of nitrogens with one attached hydrogen (secondary N) is 1. The summed E-state index contributed by atoms with van der Waals surface area (Å²) < 4.78 is 42.3. The summed E-state index contributed by atoms with van der Waals surface area (Å²) in [5.74, 6) is -1.31. The molecule has 1 N–H and O–H groups in total. The zero-order valence-corrected chi connectivity index (χ0v) is 14.8. The van der Waals surface area contributed by atoms with Crippen LogP contribution in [0.4, 0.5) is 13.2 Å². The van der Waals surface area contributed by atoms with E-state index in [-0.39, 0.29) is 11.6 Å². The number of rotatable bonds is 7. The van der Waals surface area contributed by atoms with Crippen LogP contribution in [0, 0.1) is 0 Å². The maximum absolute atomic E-state index is 12.5. The molecule has 0 aliphatic rings. The lowest BCUT2D eigenvalue weighted by molar-refractivity contribution is -0.137. The standard InChI is InChI=1S/C20H20F3NO3/c1-14(7-8-15-5-3-2-4-6-15)24-18(25)13-27-19(26)16-9-11-17(12-10-16)20(21,22)23/h2-6,9-12,14H,7-8,13H2,1H3,(H,24,25)/t14-/m0/s1. The van der Waals surface area contributed by atoms with E-state index in [0.717, 1.165) is 42.7 Å². The largest absolute Gasteiger partial charge is 0.452 e. The molecule has 0 bridgehead atoms. The third kappa shape index (κ3) is 6.77. The Hall–Kier alpha value is -2.83. The minimum absolute atomic E-state index is 0.0482. The number of aryl methyl sites for hydroxylation is 1. The van der Waals surface area contributed by atoms with Crippen molar-refractivity contribution >= 4 is 11.9 Å². The molecule has 0 aliphatic heterocycles. The highest BCUT2D eigenvalue weighted by atomic mass is 19.4. The van der Waals surface area contributed by atoms with Crippen LogP contribution in [0.25, 0.3) is 0 Å². The Bertz CT molecular complexity index is 758. The van der Waals surface area contributed by atoms with Gasteiger partial charge in [0.25, 0.3) is 5.91 Å².